The van der Waals surface area contributed by atoms with Crippen LogP contribution in [0.25, 0.3) is 11.0 Å². The number of carbonyl (C=O) groups is 3. The fraction of sp³-hybridized carbons (Fsp3) is 0.370. The van der Waals surface area contributed by atoms with E-state index in [4.69, 9.17) is 10.5 Å². The van der Waals surface area contributed by atoms with Crippen LogP contribution in [-0.2, 0) is 29.0 Å². The molecule has 39 heavy (non-hydrogen) atoms. The summed E-state index contributed by atoms with van der Waals surface area (Å²) in [5, 5.41) is 9.29. The van der Waals surface area contributed by atoms with E-state index in [0.29, 0.717) is 38.2 Å². The lowest BCUT2D eigenvalue weighted by Crippen LogP contribution is -2.43. The lowest BCUT2D eigenvalue weighted by Gasteiger charge is -2.24. The zero-order chi connectivity index (χ0) is 28.0. The predicted molar refractivity (Wildman–Crippen MR) is 141 cm³/mol. The summed E-state index contributed by atoms with van der Waals surface area (Å²) in [6, 6.07) is 5.71. The van der Waals surface area contributed by atoms with E-state index in [1.165, 1.54) is 22.6 Å². The molecule has 2 unspecified atom stereocenters. The summed E-state index contributed by atoms with van der Waals surface area (Å²) in [5.41, 5.74) is 7.42. The quantitative estimate of drug-likeness (QED) is 0.484. The molecule has 5 rings (SSSR count). The van der Waals surface area contributed by atoms with E-state index in [-0.39, 0.29) is 29.2 Å². The third-order valence-corrected chi connectivity index (χ3v) is 7.30. The Morgan fingerprint density at radius 2 is 2.03 bits per heavy atom. The van der Waals surface area contributed by atoms with E-state index >= 15 is 4.39 Å². The Bertz CT molecular complexity index is 1570. The van der Waals surface area contributed by atoms with E-state index in [0.717, 1.165) is 17.2 Å². The van der Waals surface area contributed by atoms with Gasteiger partial charge in [-0.15, -0.1) is 0 Å². The van der Waals surface area contributed by atoms with Gasteiger partial charge in [-0.25, -0.2) is 19.0 Å². The standard InChI is InChI=1S/C27H28FN5O6/c1-3-31-12-19(26(36)37)23(35)18-10-20(28)25(30-24(18)31)32-8-4-5-15-9-17(7-6-16(15)11-32)33-13-21(39-27(33)38)22(29)14(2)34/h6-7,9-10,12,21-22H,3-5,8,11,13,29H2,1-2H3,(H,36,37). The van der Waals surface area contributed by atoms with E-state index in [2.05, 4.69) is 4.98 Å². The number of carboxylic acids is 1. The SMILES string of the molecule is CCn1cc(C(=O)O)c(=O)c2cc(F)c(N3CCCc4cc(N5CC(C(N)C(C)=O)OC5=O)ccc4C3)nc21. The van der Waals surface area contributed by atoms with Crippen LogP contribution in [0.3, 0.4) is 0 Å². The maximum atomic E-state index is 15.3. The first-order valence-corrected chi connectivity index (χ1v) is 12.7. The van der Waals surface area contributed by atoms with Gasteiger partial charge in [-0.05, 0) is 56.0 Å². The van der Waals surface area contributed by atoms with Crippen molar-refractivity contribution in [2.24, 2.45) is 5.73 Å². The maximum Gasteiger partial charge on any atom is 0.414 e. The van der Waals surface area contributed by atoms with E-state index in [1.807, 2.05) is 12.1 Å². The normalized spacial score (nSPS) is 18.1. The summed E-state index contributed by atoms with van der Waals surface area (Å²) in [7, 11) is 0. The number of pyridine rings is 2. The van der Waals surface area contributed by atoms with Gasteiger partial charge in [-0.3, -0.25) is 14.5 Å². The highest BCUT2D eigenvalue weighted by Gasteiger charge is 2.38. The van der Waals surface area contributed by atoms with Gasteiger partial charge in [0.1, 0.15) is 29.1 Å². The summed E-state index contributed by atoms with van der Waals surface area (Å²) >= 11 is 0. The van der Waals surface area contributed by atoms with E-state index < -0.39 is 41.0 Å². The number of nitrogens with two attached hydrogens (primary N) is 1. The smallest absolute Gasteiger partial charge is 0.414 e. The summed E-state index contributed by atoms with van der Waals surface area (Å²) < 4.78 is 22.2. The number of hydrogen-bond donors (Lipinski definition) is 2. The number of amides is 1. The lowest BCUT2D eigenvalue weighted by molar-refractivity contribution is -0.120. The second-order valence-corrected chi connectivity index (χ2v) is 9.78. The minimum absolute atomic E-state index is 0.0771. The topological polar surface area (TPSA) is 148 Å². The Hall–Kier alpha value is -4.32. The molecule has 1 fully saturated rings. The van der Waals surface area contributed by atoms with E-state index in [1.54, 1.807) is 17.9 Å². The molecule has 3 N–H and O–H groups in total. The fourth-order valence-corrected chi connectivity index (χ4v) is 5.13. The number of ether oxygens (including phenoxy) is 1. The molecule has 2 aliphatic rings. The Kier molecular flexibility index (Phi) is 6.81. The molecule has 3 aromatic rings. The second kappa shape index (κ2) is 10.1. The first-order chi connectivity index (χ1) is 18.6. The van der Waals surface area contributed by atoms with Crippen molar-refractivity contribution in [1.29, 1.82) is 0 Å². The summed E-state index contributed by atoms with van der Waals surface area (Å²) in [5.74, 6) is -2.27. The van der Waals surface area contributed by atoms with Gasteiger partial charge in [0.15, 0.2) is 11.6 Å². The number of hydrogen-bond acceptors (Lipinski definition) is 8. The number of aromatic nitrogens is 2. The molecule has 4 heterocycles. The van der Waals surface area contributed by atoms with Crippen molar-refractivity contribution in [3.05, 3.63) is 63.2 Å². The molecular formula is C27H28FN5O6. The highest BCUT2D eigenvalue weighted by atomic mass is 19.1. The molecule has 0 aliphatic carbocycles. The number of carbonyl (C=O) groups excluding carboxylic acids is 2. The van der Waals surface area contributed by atoms with E-state index in [9.17, 15) is 24.3 Å². The third kappa shape index (κ3) is 4.71. The first-order valence-electron chi connectivity index (χ1n) is 12.7. The van der Waals surface area contributed by atoms with Crippen LogP contribution in [0.5, 0.6) is 0 Å². The first kappa shape index (κ1) is 26.3. The number of fused-ring (bicyclic) bond motifs is 2. The van der Waals surface area contributed by atoms with Gasteiger partial charge in [-0.2, -0.15) is 0 Å². The van der Waals surface area contributed by atoms with Gasteiger partial charge in [0.25, 0.3) is 0 Å². The molecule has 0 saturated carbocycles. The zero-order valence-electron chi connectivity index (χ0n) is 21.5. The molecule has 0 radical (unpaired) electrons. The van der Waals surface area contributed by atoms with Crippen LogP contribution < -0.4 is 21.0 Å². The minimum Gasteiger partial charge on any atom is -0.477 e. The van der Waals surface area contributed by atoms with Gasteiger partial charge in [0.05, 0.1) is 11.9 Å². The summed E-state index contributed by atoms with van der Waals surface area (Å²) in [4.78, 5) is 56.0. The van der Waals surface area contributed by atoms with Gasteiger partial charge < -0.3 is 25.0 Å². The molecular weight excluding hydrogens is 509 g/mol. The van der Waals surface area contributed by atoms with Crippen LogP contribution in [0.1, 0.15) is 41.8 Å². The van der Waals surface area contributed by atoms with Gasteiger partial charge in [0.2, 0.25) is 5.43 Å². The van der Waals surface area contributed by atoms with Crippen LogP contribution in [-0.4, -0.2) is 57.7 Å². The minimum atomic E-state index is -1.38. The number of benzene rings is 1. The molecule has 2 atom stereocenters. The largest absolute Gasteiger partial charge is 0.477 e. The average Bonchev–Trinajstić information content (AvgIpc) is 3.16. The number of rotatable bonds is 6. The molecule has 1 saturated heterocycles. The van der Waals surface area contributed by atoms with Crippen molar-refractivity contribution >= 4 is 40.4 Å². The molecule has 12 heteroatoms. The number of anilines is 2. The van der Waals surface area contributed by atoms with Gasteiger partial charge in [0, 0.05) is 31.5 Å². The van der Waals surface area contributed by atoms with Crippen molar-refractivity contribution in [2.75, 3.05) is 22.9 Å². The highest BCUT2D eigenvalue weighted by Crippen LogP contribution is 2.31. The van der Waals surface area contributed by atoms with Crippen LogP contribution in [0.15, 0.2) is 35.3 Å². The molecule has 2 aliphatic heterocycles. The Labute approximate surface area is 222 Å². The average molecular weight is 538 g/mol. The zero-order valence-corrected chi connectivity index (χ0v) is 21.5. The van der Waals surface area contributed by atoms with Crippen molar-refractivity contribution in [3.63, 3.8) is 0 Å². The molecule has 11 nitrogen and oxygen atoms in total. The molecule has 2 aromatic heterocycles. The predicted octanol–water partition coefficient (Wildman–Crippen LogP) is 2.45. The Morgan fingerprint density at radius 3 is 2.72 bits per heavy atom. The van der Waals surface area contributed by atoms with Crippen LogP contribution >= 0.6 is 0 Å². The monoisotopic (exact) mass is 537 g/mol. The van der Waals surface area contributed by atoms with Crippen molar-refractivity contribution < 1.29 is 28.6 Å². The van der Waals surface area contributed by atoms with Crippen LogP contribution in [0.4, 0.5) is 20.7 Å². The second-order valence-electron chi connectivity index (χ2n) is 9.78. The van der Waals surface area contributed by atoms with Gasteiger partial charge in [-0.1, -0.05) is 6.07 Å². The maximum absolute atomic E-state index is 15.3. The lowest BCUT2D eigenvalue weighted by atomic mass is 10.0. The number of ketones is 1. The fourth-order valence-electron chi connectivity index (χ4n) is 5.13. The molecule has 0 spiro atoms. The molecule has 0 bridgehead atoms. The van der Waals surface area contributed by atoms with Crippen molar-refractivity contribution in [3.8, 4) is 0 Å². The molecule has 1 amide bonds. The summed E-state index contributed by atoms with van der Waals surface area (Å²) in [6.45, 7) is 4.49. The number of carboxylic acid groups (broad SMARTS) is 1. The number of Topliss-reactive ketones (excluding diaryl/α,β-unsaturated/α-hetero) is 1. The number of halogens is 1. The number of nitrogens with zero attached hydrogens (tertiary/aromatic N) is 4. The Balaban J connectivity index is 1.45. The highest BCUT2D eigenvalue weighted by molar-refractivity contribution is 5.92. The number of aromatic carboxylic acids is 1. The Morgan fingerprint density at radius 1 is 1.26 bits per heavy atom. The summed E-state index contributed by atoms with van der Waals surface area (Å²) in [6.07, 6.45) is 1.30. The van der Waals surface area contributed by atoms with Crippen LogP contribution in [0.2, 0.25) is 0 Å². The molecule has 1 aromatic carbocycles. The number of aryl methyl sites for hydroxylation is 2. The van der Waals surface area contributed by atoms with Gasteiger partial charge >= 0.3 is 12.1 Å². The third-order valence-electron chi connectivity index (χ3n) is 7.30. The van der Waals surface area contributed by atoms with Crippen molar-refractivity contribution in [2.45, 2.75) is 51.9 Å². The molecule has 204 valence electrons. The van der Waals surface area contributed by atoms with Crippen molar-refractivity contribution in [1.82, 2.24) is 9.55 Å². The number of cyclic esters (lactones) is 1. The van der Waals surface area contributed by atoms with Crippen LogP contribution in [0, 0.1) is 5.82 Å².